The first-order valence-corrected chi connectivity index (χ1v) is 8.66. The van der Waals surface area contributed by atoms with Crippen LogP contribution < -0.4 is 5.73 Å². The van der Waals surface area contributed by atoms with E-state index >= 15 is 0 Å². The number of likely N-dealkylation sites (N-methyl/N-ethyl adjacent to an activating group) is 1. The van der Waals surface area contributed by atoms with Gasteiger partial charge in [0.15, 0.2) is 5.41 Å². The number of halogens is 1. The predicted molar refractivity (Wildman–Crippen MR) is 97.9 cm³/mol. The lowest BCUT2D eigenvalue weighted by Gasteiger charge is -2.53. The van der Waals surface area contributed by atoms with Crippen LogP contribution in [0.3, 0.4) is 0 Å². The molecular weight excluding hydrogens is 341 g/mol. The zero-order valence-corrected chi connectivity index (χ0v) is 15.5. The highest BCUT2D eigenvalue weighted by molar-refractivity contribution is 5.61. The molecule has 1 heterocycles. The highest BCUT2D eigenvalue weighted by Crippen LogP contribution is 2.60. The Bertz CT molecular complexity index is 956. The number of benzene rings is 1. The van der Waals surface area contributed by atoms with Crippen molar-refractivity contribution in [1.82, 2.24) is 4.90 Å². The number of hydrogen-bond donors (Lipinski definition) is 1. The van der Waals surface area contributed by atoms with Gasteiger partial charge in [0, 0.05) is 23.9 Å². The zero-order chi connectivity index (χ0) is 20.0. The first kappa shape index (κ1) is 18.6. The summed E-state index contributed by atoms with van der Waals surface area (Å²) in [5, 5.41) is 29.8. The number of allylic oxidation sites excluding steroid dienone is 2. The van der Waals surface area contributed by atoms with E-state index in [1.165, 1.54) is 12.1 Å². The minimum absolute atomic E-state index is 0.0233. The summed E-state index contributed by atoms with van der Waals surface area (Å²) in [6.45, 7) is 4.50. The molecule has 2 aliphatic rings. The van der Waals surface area contributed by atoms with Crippen LogP contribution >= 0.6 is 0 Å². The van der Waals surface area contributed by atoms with Crippen LogP contribution in [0.1, 0.15) is 25.3 Å². The molecule has 1 aliphatic heterocycles. The molecule has 0 saturated carbocycles. The highest BCUT2D eigenvalue weighted by atomic mass is 19.1. The van der Waals surface area contributed by atoms with E-state index in [4.69, 9.17) is 5.73 Å². The Hall–Kier alpha value is -3.14. The normalized spacial score (nSPS) is 29.7. The van der Waals surface area contributed by atoms with Crippen LogP contribution in [0.5, 0.6) is 0 Å². The van der Waals surface area contributed by atoms with Gasteiger partial charge in [-0.3, -0.25) is 4.90 Å². The van der Waals surface area contributed by atoms with Crippen molar-refractivity contribution in [1.29, 1.82) is 15.8 Å². The third-order valence-corrected chi connectivity index (χ3v) is 6.00. The van der Waals surface area contributed by atoms with Crippen LogP contribution in [0.2, 0.25) is 0 Å². The average Bonchev–Trinajstić information content (AvgIpc) is 2.65. The van der Waals surface area contributed by atoms with Gasteiger partial charge in [0.05, 0.1) is 23.4 Å². The van der Waals surface area contributed by atoms with Crippen molar-refractivity contribution in [3.63, 3.8) is 0 Å². The van der Waals surface area contributed by atoms with E-state index in [1.807, 2.05) is 27.0 Å². The molecule has 0 bridgehead atoms. The summed E-state index contributed by atoms with van der Waals surface area (Å²) < 4.78 is 13.5. The topological polar surface area (TPSA) is 101 Å². The Labute approximate surface area is 158 Å². The van der Waals surface area contributed by atoms with Gasteiger partial charge in [-0.15, -0.1) is 0 Å². The molecule has 5 nitrogen and oxygen atoms in total. The number of nitriles is 3. The molecule has 27 heavy (non-hydrogen) atoms. The summed E-state index contributed by atoms with van der Waals surface area (Å²) in [4.78, 5) is 2.11. The summed E-state index contributed by atoms with van der Waals surface area (Å²) in [5.41, 5.74) is 5.44. The molecule has 0 saturated heterocycles. The lowest BCUT2D eigenvalue weighted by molar-refractivity contribution is 0.124. The van der Waals surface area contributed by atoms with Gasteiger partial charge < -0.3 is 5.73 Å². The van der Waals surface area contributed by atoms with Gasteiger partial charge >= 0.3 is 0 Å². The SMILES string of the molecule is C[C@@H]1C=C2C(C#N)=C(N)C(C#N)(C#N)[C@@H](c3ccc(F)cc3)[C@@]2(C)CN1C. The fraction of sp³-hybridized carbons (Fsp3) is 0.381. The average molecular weight is 361 g/mol. The van der Waals surface area contributed by atoms with Gasteiger partial charge in [0.2, 0.25) is 0 Å². The molecule has 0 aromatic heterocycles. The predicted octanol–water partition coefficient (Wildman–Crippen LogP) is 2.96. The maximum Gasteiger partial charge on any atom is 0.191 e. The molecule has 0 spiro atoms. The lowest BCUT2D eigenvalue weighted by atomic mass is 9.51. The van der Waals surface area contributed by atoms with Gasteiger partial charge in [0.1, 0.15) is 11.9 Å². The molecule has 3 rings (SSSR count). The van der Waals surface area contributed by atoms with Gasteiger partial charge in [0.25, 0.3) is 0 Å². The van der Waals surface area contributed by atoms with Crippen LogP contribution in [0, 0.1) is 50.6 Å². The molecule has 2 N–H and O–H groups in total. The molecule has 0 amide bonds. The van der Waals surface area contributed by atoms with Crippen molar-refractivity contribution in [3.8, 4) is 18.2 Å². The van der Waals surface area contributed by atoms with Gasteiger partial charge in [-0.25, -0.2) is 4.39 Å². The number of rotatable bonds is 1. The van der Waals surface area contributed by atoms with E-state index in [0.29, 0.717) is 12.1 Å². The summed E-state index contributed by atoms with van der Waals surface area (Å²) in [6, 6.07) is 12.2. The van der Waals surface area contributed by atoms with Crippen LogP contribution in [0.15, 0.2) is 47.2 Å². The maximum atomic E-state index is 13.5. The second-order valence-electron chi connectivity index (χ2n) is 7.57. The smallest absolute Gasteiger partial charge is 0.191 e. The minimum Gasteiger partial charge on any atom is -0.399 e. The molecular formula is C21H20FN5. The number of hydrogen-bond acceptors (Lipinski definition) is 5. The van der Waals surface area contributed by atoms with Crippen LogP contribution in [0.4, 0.5) is 4.39 Å². The summed E-state index contributed by atoms with van der Waals surface area (Å²) in [6.07, 6.45) is 1.98. The largest absolute Gasteiger partial charge is 0.399 e. The number of nitrogens with two attached hydrogens (primary N) is 1. The standard InChI is InChI=1S/C21H20FN5/c1-13-8-17-16(9-23)19(26)21(10-24,11-25)18(20(17,2)12-27(13)3)14-4-6-15(22)7-5-14/h4-8,13,18H,12,26H2,1-3H3/t13-,18+,20+/m1/s1. The van der Waals surface area contributed by atoms with Gasteiger partial charge in [-0.05, 0) is 37.2 Å². The first-order chi connectivity index (χ1) is 12.7. The first-order valence-electron chi connectivity index (χ1n) is 8.66. The minimum atomic E-state index is -1.71. The lowest BCUT2D eigenvalue weighted by Crippen LogP contribution is -2.54. The molecule has 0 unspecified atom stereocenters. The highest BCUT2D eigenvalue weighted by Gasteiger charge is 2.60. The molecule has 6 heteroatoms. The van der Waals surface area contributed by atoms with E-state index in [1.54, 1.807) is 12.1 Å². The van der Waals surface area contributed by atoms with E-state index in [9.17, 15) is 20.2 Å². The Morgan fingerprint density at radius 2 is 1.78 bits per heavy atom. The van der Waals surface area contributed by atoms with Crippen LogP contribution in [-0.2, 0) is 0 Å². The molecule has 1 aliphatic carbocycles. The maximum absolute atomic E-state index is 13.5. The Morgan fingerprint density at radius 1 is 1.19 bits per heavy atom. The van der Waals surface area contributed by atoms with Crippen molar-refractivity contribution in [2.24, 2.45) is 16.6 Å². The third-order valence-electron chi connectivity index (χ3n) is 6.00. The summed E-state index contributed by atoms with van der Waals surface area (Å²) in [5.74, 6) is -1.04. The Morgan fingerprint density at radius 3 is 2.30 bits per heavy atom. The second-order valence-corrected chi connectivity index (χ2v) is 7.57. The van der Waals surface area contributed by atoms with E-state index in [0.717, 1.165) is 5.57 Å². The number of nitrogens with zero attached hydrogens (tertiary/aromatic N) is 4. The molecule has 0 fully saturated rings. The molecule has 3 atom stereocenters. The van der Waals surface area contributed by atoms with Crippen LogP contribution in [0.25, 0.3) is 0 Å². The Balaban J connectivity index is 2.42. The molecule has 0 radical (unpaired) electrons. The van der Waals surface area contributed by atoms with Gasteiger partial charge in [-0.2, -0.15) is 15.8 Å². The molecule has 1 aromatic carbocycles. The zero-order valence-electron chi connectivity index (χ0n) is 15.5. The fourth-order valence-corrected chi connectivity index (χ4v) is 4.57. The van der Waals surface area contributed by atoms with Crippen molar-refractivity contribution in [2.75, 3.05) is 13.6 Å². The molecule has 136 valence electrons. The van der Waals surface area contributed by atoms with Crippen molar-refractivity contribution in [2.45, 2.75) is 25.8 Å². The van der Waals surface area contributed by atoms with Crippen LogP contribution in [-0.4, -0.2) is 24.5 Å². The van der Waals surface area contributed by atoms with Crippen molar-refractivity contribution >= 4 is 0 Å². The van der Waals surface area contributed by atoms with Gasteiger partial charge in [-0.1, -0.05) is 25.1 Å². The van der Waals surface area contributed by atoms with E-state index < -0.39 is 22.6 Å². The van der Waals surface area contributed by atoms with Crippen molar-refractivity contribution in [3.05, 3.63) is 58.6 Å². The van der Waals surface area contributed by atoms with E-state index in [2.05, 4.69) is 23.1 Å². The van der Waals surface area contributed by atoms with Crippen molar-refractivity contribution < 1.29 is 4.39 Å². The summed E-state index contributed by atoms with van der Waals surface area (Å²) in [7, 11) is 1.96. The monoisotopic (exact) mass is 361 g/mol. The molecule has 1 aromatic rings. The number of fused-ring (bicyclic) bond motifs is 1. The Kier molecular flexibility index (Phi) is 4.31. The summed E-state index contributed by atoms with van der Waals surface area (Å²) >= 11 is 0. The third kappa shape index (κ3) is 2.44. The van der Waals surface area contributed by atoms with E-state index in [-0.39, 0.29) is 17.3 Å². The quantitative estimate of drug-likeness (QED) is 0.829. The fourth-order valence-electron chi connectivity index (χ4n) is 4.57. The second kappa shape index (κ2) is 6.23.